The molecular formula is C16H21FN2S. The number of nitrogens with two attached hydrogens (primary N) is 1. The zero-order valence-electron chi connectivity index (χ0n) is 11.7. The Morgan fingerprint density at radius 2 is 2.20 bits per heavy atom. The minimum Gasteiger partial charge on any atom is -0.271 e. The van der Waals surface area contributed by atoms with Gasteiger partial charge in [-0.15, -0.1) is 11.3 Å². The van der Waals surface area contributed by atoms with E-state index in [1.807, 2.05) is 6.07 Å². The zero-order valence-corrected chi connectivity index (χ0v) is 12.5. The van der Waals surface area contributed by atoms with Crippen LogP contribution in [0.2, 0.25) is 0 Å². The van der Waals surface area contributed by atoms with Crippen molar-refractivity contribution in [2.75, 3.05) is 0 Å². The Morgan fingerprint density at radius 3 is 2.95 bits per heavy atom. The number of hydrogen-bond donors (Lipinski definition) is 2. The van der Waals surface area contributed by atoms with E-state index in [1.54, 1.807) is 17.4 Å². The second-order valence-corrected chi connectivity index (χ2v) is 7.12. The maximum atomic E-state index is 13.3. The van der Waals surface area contributed by atoms with Crippen LogP contribution in [0, 0.1) is 17.7 Å². The summed E-state index contributed by atoms with van der Waals surface area (Å²) in [5.74, 6) is 7.00. The lowest BCUT2D eigenvalue weighted by molar-refractivity contribution is 0.226. The zero-order chi connectivity index (χ0) is 14.1. The monoisotopic (exact) mass is 292 g/mol. The molecule has 3 atom stereocenters. The summed E-state index contributed by atoms with van der Waals surface area (Å²) in [6.45, 7) is 2.32. The van der Waals surface area contributed by atoms with Crippen molar-refractivity contribution in [3.8, 4) is 0 Å². The quantitative estimate of drug-likeness (QED) is 0.651. The number of halogens is 1. The third-order valence-corrected chi connectivity index (χ3v) is 5.63. The molecule has 2 aromatic rings. The van der Waals surface area contributed by atoms with Crippen molar-refractivity contribution < 1.29 is 4.39 Å². The van der Waals surface area contributed by atoms with Gasteiger partial charge in [-0.3, -0.25) is 11.3 Å². The van der Waals surface area contributed by atoms with E-state index in [0.29, 0.717) is 5.92 Å². The molecule has 0 amide bonds. The third kappa shape index (κ3) is 2.73. The number of hydrogen-bond acceptors (Lipinski definition) is 3. The minimum atomic E-state index is -0.176. The smallest absolute Gasteiger partial charge is 0.123 e. The Bertz CT molecular complexity index is 595. The molecule has 0 aliphatic heterocycles. The molecule has 1 fully saturated rings. The first kappa shape index (κ1) is 14.0. The van der Waals surface area contributed by atoms with Crippen LogP contribution in [0.15, 0.2) is 24.3 Å². The molecule has 1 aromatic heterocycles. The summed E-state index contributed by atoms with van der Waals surface area (Å²) >= 11 is 1.72. The Hall–Kier alpha value is -0.970. The van der Waals surface area contributed by atoms with Crippen molar-refractivity contribution in [2.45, 2.75) is 38.6 Å². The van der Waals surface area contributed by atoms with Gasteiger partial charge in [-0.1, -0.05) is 19.8 Å². The molecule has 3 N–H and O–H groups in total. The topological polar surface area (TPSA) is 38.0 Å². The van der Waals surface area contributed by atoms with E-state index in [4.69, 9.17) is 5.84 Å². The van der Waals surface area contributed by atoms with E-state index in [2.05, 4.69) is 18.4 Å². The summed E-state index contributed by atoms with van der Waals surface area (Å²) in [6.07, 6.45) is 5.05. The molecular weight excluding hydrogens is 271 g/mol. The van der Waals surface area contributed by atoms with Crippen molar-refractivity contribution in [2.24, 2.45) is 17.7 Å². The van der Waals surface area contributed by atoms with Gasteiger partial charge in [0, 0.05) is 9.58 Å². The lowest BCUT2D eigenvalue weighted by atomic mass is 9.78. The highest BCUT2D eigenvalue weighted by Gasteiger charge is 2.28. The molecule has 1 heterocycles. The lowest BCUT2D eigenvalue weighted by Gasteiger charge is -2.32. The summed E-state index contributed by atoms with van der Waals surface area (Å²) in [6, 6.07) is 7.27. The summed E-state index contributed by atoms with van der Waals surface area (Å²) in [4.78, 5) is 1.23. The fraction of sp³-hybridized carbons (Fsp3) is 0.500. The molecule has 1 aliphatic carbocycles. The Kier molecular flexibility index (Phi) is 4.06. The molecule has 1 saturated carbocycles. The number of fused-ring (bicyclic) bond motifs is 1. The van der Waals surface area contributed by atoms with Crippen LogP contribution in [-0.2, 0) is 0 Å². The van der Waals surface area contributed by atoms with Gasteiger partial charge in [-0.05, 0) is 54.3 Å². The van der Waals surface area contributed by atoms with Gasteiger partial charge in [0.05, 0.1) is 6.04 Å². The molecule has 20 heavy (non-hydrogen) atoms. The van der Waals surface area contributed by atoms with Crippen molar-refractivity contribution in [1.82, 2.24) is 5.43 Å². The molecule has 1 aromatic carbocycles. The van der Waals surface area contributed by atoms with Gasteiger partial charge in [0.1, 0.15) is 5.82 Å². The first-order chi connectivity index (χ1) is 9.67. The van der Waals surface area contributed by atoms with E-state index in [-0.39, 0.29) is 11.9 Å². The largest absolute Gasteiger partial charge is 0.271 e. The second-order valence-electron chi connectivity index (χ2n) is 6.01. The molecule has 0 radical (unpaired) electrons. The molecule has 2 nitrogen and oxygen atoms in total. The van der Waals surface area contributed by atoms with Crippen LogP contribution in [0.25, 0.3) is 10.1 Å². The van der Waals surface area contributed by atoms with Crippen molar-refractivity contribution >= 4 is 21.4 Å². The molecule has 0 saturated heterocycles. The molecule has 108 valence electrons. The maximum absolute atomic E-state index is 13.3. The summed E-state index contributed by atoms with van der Waals surface area (Å²) in [5.41, 5.74) is 3.00. The second kappa shape index (κ2) is 5.80. The Labute approximate surface area is 123 Å². The maximum Gasteiger partial charge on any atom is 0.123 e. The fourth-order valence-electron chi connectivity index (χ4n) is 3.42. The van der Waals surface area contributed by atoms with Gasteiger partial charge in [-0.25, -0.2) is 4.39 Å². The van der Waals surface area contributed by atoms with E-state index in [1.165, 1.54) is 36.6 Å². The highest BCUT2D eigenvalue weighted by molar-refractivity contribution is 7.19. The average molecular weight is 292 g/mol. The molecule has 4 heteroatoms. The normalized spacial score (nSPS) is 24.9. The Morgan fingerprint density at radius 1 is 1.35 bits per heavy atom. The standard InChI is InChI=1S/C16H21FN2S/c1-10-3-2-4-11(7-10)16(19-18)15-9-12-8-13(17)5-6-14(12)20-15/h5-6,8-11,16,19H,2-4,7,18H2,1H3. The van der Waals surface area contributed by atoms with Crippen LogP contribution >= 0.6 is 11.3 Å². The predicted octanol–water partition coefficient (Wildman–Crippen LogP) is 4.37. The Balaban J connectivity index is 1.90. The first-order valence-electron chi connectivity index (χ1n) is 7.32. The molecule has 3 unspecified atom stereocenters. The van der Waals surface area contributed by atoms with Crippen molar-refractivity contribution in [3.63, 3.8) is 0 Å². The first-order valence-corrected chi connectivity index (χ1v) is 8.14. The highest BCUT2D eigenvalue weighted by atomic mass is 32.1. The van der Waals surface area contributed by atoms with Crippen LogP contribution in [0.4, 0.5) is 4.39 Å². The van der Waals surface area contributed by atoms with Crippen LogP contribution in [-0.4, -0.2) is 0 Å². The number of nitrogens with one attached hydrogen (secondary N) is 1. The molecule has 3 rings (SSSR count). The number of hydrazine groups is 1. The predicted molar refractivity (Wildman–Crippen MR) is 83.0 cm³/mol. The molecule has 0 spiro atoms. The van der Waals surface area contributed by atoms with Gasteiger partial charge in [0.25, 0.3) is 0 Å². The van der Waals surface area contributed by atoms with Crippen molar-refractivity contribution in [1.29, 1.82) is 0 Å². The fourth-order valence-corrected chi connectivity index (χ4v) is 4.62. The third-order valence-electron chi connectivity index (χ3n) is 4.43. The van der Waals surface area contributed by atoms with E-state index >= 15 is 0 Å². The van der Waals surface area contributed by atoms with Crippen molar-refractivity contribution in [3.05, 3.63) is 35.0 Å². The SMILES string of the molecule is CC1CCCC(C(NN)c2cc3cc(F)ccc3s2)C1. The van der Waals surface area contributed by atoms with Gasteiger partial charge in [0.15, 0.2) is 0 Å². The minimum absolute atomic E-state index is 0.176. The van der Waals surface area contributed by atoms with E-state index < -0.39 is 0 Å². The molecule has 0 bridgehead atoms. The van der Waals surface area contributed by atoms with Crippen LogP contribution < -0.4 is 11.3 Å². The average Bonchev–Trinajstić information content (AvgIpc) is 2.82. The van der Waals surface area contributed by atoms with Gasteiger partial charge in [-0.2, -0.15) is 0 Å². The molecule has 1 aliphatic rings. The van der Waals surface area contributed by atoms with E-state index in [9.17, 15) is 4.39 Å². The van der Waals surface area contributed by atoms with Crippen LogP contribution in [0.3, 0.4) is 0 Å². The highest BCUT2D eigenvalue weighted by Crippen LogP contribution is 2.40. The van der Waals surface area contributed by atoms with Gasteiger partial charge < -0.3 is 0 Å². The van der Waals surface area contributed by atoms with E-state index in [0.717, 1.165) is 16.0 Å². The summed E-state index contributed by atoms with van der Waals surface area (Å²) in [5, 5.41) is 0.981. The lowest BCUT2D eigenvalue weighted by Crippen LogP contribution is -2.35. The van der Waals surface area contributed by atoms with Gasteiger partial charge >= 0.3 is 0 Å². The van der Waals surface area contributed by atoms with Crippen LogP contribution in [0.1, 0.15) is 43.5 Å². The number of rotatable bonds is 3. The number of thiophene rings is 1. The summed E-state index contributed by atoms with van der Waals surface area (Å²) < 4.78 is 14.4. The number of benzene rings is 1. The van der Waals surface area contributed by atoms with Crippen LogP contribution in [0.5, 0.6) is 0 Å². The van der Waals surface area contributed by atoms with Gasteiger partial charge in [0.2, 0.25) is 0 Å². The summed E-state index contributed by atoms with van der Waals surface area (Å²) in [7, 11) is 0.